The molecule has 0 radical (unpaired) electrons. The molecule has 4 nitrogen and oxygen atoms in total. The van der Waals surface area contributed by atoms with Crippen LogP contribution in [0.3, 0.4) is 0 Å². The van der Waals surface area contributed by atoms with Crippen molar-refractivity contribution in [1.29, 1.82) is 0 Å². The van der Waals surface area contributed by atoms with Crippen LogP contribution in [0.25, 0.3) is 0 Å². The Morgan fingerprint density at radius 1 is 1.10 bits per heavy atom. The van der Waals surface area contributed by atoms with Gasteiger partial charge in [-0.15, -0.1) is 0 Å². The molecule has 0 saturated heterocycles. The lowest BCUT2D eigenvalue weighted by Gasteiger charge is -2.36. The number of carbonyl (C=O) groups excluding carboxylic acids is 1. The third-order valence-corrected chi connectivity index (χ3v) is 8.64. The molecule has 0 rings (SSSR count). The fraction of sp³-hybridized carbons (Fsp3) is 0.933. The van der Waals surface area contributed by atoms with Crippen molar-refractivity contribution >= 4 is 14.3 Å². The molecule has 0 bridgehead atoms. The Morgan fingerprint density at radius 3 is 2.10 bits per heavy atom. The van der Waals surface area contributed by atoms with Gasteiger partial charge in [-0.1, -0.05) is 20.8 Å². The molecule has 0 saturated carbocycles. The van der Waals surface area contributed by atoms with Crippen LogP contribution in [0.1, 0.15) is 47.5 Å². The quantitative estimate of drug-likeness (QED) is 0.424. The van der Waals surface area contributed by atoms with E-state index in [9.17, 15) is 4.79 Å². The molecule has 0 aliphatic carbocycles. The van der Waals surface area contributed by atoms with E-state index in [2.05, 4.69) is 39.2 Å². The van der Waals surface area contributed by atoms with Gasteiger partial charge in [0.05, 0.1) is 7.11 Å². The molecule has 0 spiro atoms. The first-order valence-electron chi connectivity index (χ1n) is 7.41. The van der Waals surface area contributed by atoms with Crippen LogP contribution in [0.2, 0.25) is 18.1 Å². The number of ether oxygens (including phenoxy) is 1. The second kappa shape index (κ2) is 7.57. The number of hydrogen-bond acceptors (Lipinski definition) is 4. The Balaban J connectivity index is 3.87. The average Bonchev–Trinajstić information content (AvgIpc) is 2.30. The minimum absolute atomic E-state index is 0.227. The van der Waals surface area contributed by atoms with Crippen LogP contribution in [-0.2, 0) is 14.0 Å². The van der Waals surface area contributed by atoms with E-state index in [1.807, 2.05) is 13.8 Å². The number of nitrogens with one attached hydrogen (secondary N) is 1. The van der Waals surface area contributed by atoms with E-state index < -0.39 is 13.9 Å². The summed E-state index contributed by atoms with van der Waals surface area (Å²) >= 11 is 0. The smallest absolute Gasteiger partial charge is 0.325 e. The first-order valence-corrected chi connectivity index (χ1v) is 10.3. The molecule has 0 aromatic rings. The van der Waals surface area contributed by atoms with E-state index in [1.54, 1.807) is 0 Å². The SMILES string of the molecule is COC(=O)C(C)(C)NCCCCO[Si](C)(C)C(C)(C)C. The third kappa shape index (κ3) is 6.37. The first kappa shape index (κ1) is 19.6. The Bertz CT molecular complexity index is 309. The molecular formula is C15H33NO3Si. The highest BCUT2D eigenvalue weighted by molar-refractivity contribution is 6.74. The van der Waals surface area contributed by atoms with Gasteiger partial charge in [0.2, 0.25) is 0 Å². The zero-order valence-electron chi connectivity index (χ0n) is 14.6. The van der Waals surface area contributed by atoms with Crippen LogP contribution >= 0.6 is 0 Å². The second-order valence-electron chi connectivity index (χ2n) is 7.36. The second-order valence-corrected chi connectivity index (χ2v) is 12.2. The van der Waals surface area contributed by atoms with Crippen molar-refractivity contribution in [2.45, 2.75) is 71.1 Å². The maximum atomic E-state index is 11.5. The predicted octanol–water partition coefficient (Wildman–Crippen LogP) is 3.33. The fourth-order valence-corrected chi connectivity index (χ4v) is 2.59. The molecule has 0 unspecified atom stereocenters. The van der Waals surface area contributed by atoms with Gasteiger partial charge in [-0.3, -0.25) is 4.79 Å². The summed E-state index contributed by atoms with van der Waals surface area (Å²) in [6.45, 7) is 16.6. The third-order valence-electron chi connectivity index (χ3n) is 4.10. The molecule has 0 fully saturated rings. The number of hydrogen-bond donors (Lipinski definition) is 1. The summed E-state index contributed by atoms with van der Waals surface area (Å²) in [5.41, 5.74) is -0.616. The molecule has 0 aliphatic rings. The molecule has 0 atom stereocenters. The standard InChI is InChI=1S/C15H33NO3Si/c1-14(2,3)20(7,8)19-12-10-9-11-16-15(4,5)13(17)18-6/h16H,9-12H2,1-8H3. The van der Waals surface area contributed by atoms with Gasteiger partial charge < -0.3 is 14.5 Å². The summed E-state index contributed by atoms with van der Waals surface area (Å²) in [6, 6.07) is 0. The van der Waals surface area contributed by atoms with Crippen LogP contribution in [0.5, 0.6) is 0 Å². The van der Waals surface area contributed by atoms with Crippen molar-refractivity contribution in [1.82, 2.24) is 5.32 Å². The highest BCUT2D eigenvalue weighted by Gasteiger charge is 2.36. The van der Waals surface area contributed by atoms with E-state index in [0.29, 0.717) is 0 Å². The van der Waals surface area contributed by atoms with Gasteiger partial charge in [0.1, 0.15) is 5.54 Å². The van der Waals surface area contributed by atoms with Crippen molar-refractivity contribution < 1.29 is 14.0 Å². The van der Waals surface area contributed by atoms with Crippen LogP contribution < -0.4 is 5.32 Å². The topological polar surface area (TPSA) is 47.6 Å². The zero-order valence-corrected chi connectivity index (χ0v) is 15.6. The Hall–Kier alpha value is -0.393. The fourth-order valence-electron chi connectivity index (χ4n) is 1.50. The lowest BCUT2D eigenvalue weighted by molar-refractivity contribution is -0.147. The Labute approximate surface area is 125 Å². The molecule has 0 heterocycles. The monoisotopic (exact) mass is 303 g/mol. The van der Waals surface area contributed by atoms with Gasteiger partial charge >= 0.3 is 5.97 Å². The van der Waals surface area contributed by atoms with Gasteiger partial charge in [0.25, 0.3) is 0 Å². The molecule has 0 amide bonds. The van der Waals surface area contributed by atoms with Crippen molar-refractivity contribution in [2.24, 2.45) is 0 Å². The maximum absolute atomic E-state index is 11.5. The van der Waals surface area contributed by atoms with Crippen LogP contribution in [0, 0.1) is 0 Å². The number of carbonyl (C=O) groups is 1. The molecule has 0 aromatic carbocycles. The Kier molecular flexibility index (Phi) is 7.42. The summed E-state index contributed by atoms with van der Waals surface area (Å²) in [5, 5.41) is 3.48. The number of methoxy groups -OCH3 is 1. The lowest BCUT2D eigenvalue weighted by Crippen LogP contribution is -2.47. The first-order chi connectivity index (χ1) is 8.94. The minimum Gasteiger partial charge on any atom is -0.468 e. The molecule has 20 heavy (non-hydrogen) atoms. The van der Waals surface area contributed by atoms with E-state index >= 15 is 0 Å². The summed E-state index contributed by atoms with van der Waals surface area (Å²) in [6.07, 6.45) is 2.01. The summed E-state index contributed by atoms with van der Waals surface area (Å²) in [4.78, 5) is 11.5. The average molecular weight is 304 g/mol. The normalized spacial score (nSPS) is 13.4. The maximum Gasteiger partial charge on any atom is 0.325 e. The predicted molar refractivity (Wildman–Crippen MR) is 86.5 cm³/mol. The summed E-state index contributed by atoms with van der Waals surface area (Å²) < 4.78 is 10.9. The van der Waals surface area contributed by atoms with Gasteiger partial charge in [-0.25, -0.2) is 0 Å². The van der Waals surface area contributed by atoms with Gasteiger partial charge in [-0.2, -0.15) is 0 Å². The molecule has 0 aromatic heterocycles. The van der Waals surface area contributed by atoms with Gasteiger partial charge in [0.15, 0.2) is 8.32 Å². The van der Waals surface area contributed by atoms with Crippen LogP contribution in [0.4, 0.5) is 0 Å². The van der Waals surface area contributed by atoms with Crippen LogP contribution in [-0.4, -0.2) is 40.1 Å². The van der Waals surface area contributed by atoms with E-state index in [4.69, 9.17) is 9.16 Å². The largest absolute Gasteiger partial charge is 0.468 e. The summed E-state index contributed by atoms with van der Waals surface area (Å²) in [7, 11) is -0.204. The Morgan fingerprint density at radius 2 is 1.65 bits per heavy atom. The lowest BCUT2D eigenvalue weighted by atomic mass is 10.1. The van der Waals surface area contributed by atoms with Gasteiger partial charge in [-0.05, 0) is 51.4 Å². The van der Waals surface area contributed by atoms with Crippen LogP contribution in [0.15, 0.2) is 0 Å². The molecule has 120 valence electrons. The molecule has 1 N–H and O–H groups in total. The highest BCUT2D eigenvalue weighted by atomic mass is 28.4. The minimum atomic E-state index is -1.62. The highest BCUT2D eigenvalue weighted by Crippen LogP contribution is 2.36. The van der Waals surface area contributed by atoms with Gasteiger partial charge in [0, 0.05) is 6.61 Å². The molecule has 5 heteroatoms. The number of esters is 1. The molecule has 0 aliphatic heterocycles. The number of rotatable bonds is 8. The van der Waals surface area contributed by atoms with Crippen molar-refractivity contribution in [3.63, 3.8) is 0 Å². The van der Waals surface area contributed by atoms with Crippen molar-refractivity contribution in [3.05, 3.63) is 0 Å². The summed E-state index contributed by atoms with van der Waals surface area (Å²) in [5.74, 6) is -0.227. The number of unbranched alkanes of at least 4 members (excludes halogenated alkanes) is 1. The molecular weight excluding hydrogens is 270 g/mol. The van der Waals surface area contributed by atoms with Crippen molar-refractivity contribution in [3.8, 4) is 0 Å². The zero-order chi connectivity index (χ0) is 16.0. The van der Waals surface area contributed by atoms with E-state index in [0.717, 1.165) is 26.0 Å². The van der Waals surface area contributed by atoms with Crippen molar-refractivity contribution in [2.75, 3.05) is 20.3 Å². The van der Waals surface area contributed by atoms with E-state index in [-0.39, 0.29) is 11.0 Å². The van der Waals surface area contributed by atoms with E-state index in [1.165, 1.54) is 7.11 Å².